The van der Waals surface area contributed by atoms with Gasteiger partial charge in [-0.05, 0) is 36.4 Å². The number of nitrogens with zero attached hydrogens (tertiary/aromatic N) is 1. The summed E-state index contributed by atoms with van der Waals surface area (Å²) in [4.78, 5) is 4.38. The lowest BCUT2D eigenvalue weighted by Gasteiger charge is -2.38. The van der Waals surface area contributed by atoms with E-state index in [0.29, 0.717) is 13.0 Å². The Bertz CT molecular complexity index is 980. The Labute approximate surface area is 212 Å². The van der Waals surface area contributed by atoms with Gasteiger partial charge in [-0.1, -0.05) is 13.0 Å². The molecule has 0 radical (unpaired) electrons. The van der Waals surface area contributed by atoms with Crippen molar-refractivity contribution in [1.29, 1.82) is 0 Å². The van der Waals surface area contributed by atoms with Crippen molar-refractivity contribution in [1.82, 2.24) is 10.3 Å². The summed E-state index contributed by atoms with van der Waals surface area (Å²) in [6, 6.07) is 7.22. The molecule has 0 aromatic carbocycles. The minimum Gasteiger partial charge on any atom is -0.495 e. The van der Waals surface area contributed by atoms with E-state index >= 15 is 0 Å². The fourth-order valence-electron chi connectivity index (χ4n) is 4.52. The highest BCUT2D eigenvalue weighted by molar-refractivity contribution is 7.10. The van der Waals surface area contributed by atoms with E-state index < -0.39 is 29.0 Å². The molecule has 4 rings (SSSR count). The standard InChI is InChI=1S/C14H19NO5.C9H15NO5S/c16-13(17)8-12(9-14(13,18)19)7-10(4-6-20-12)11-3-1-2-5-15-11;1-3-8(11,12)10-9(13,14)7-6(15-2)4-5-16-7/h1-3,5,10,16-19H,4,6-9H2;4-5,10-14H,3H2,1-2H3/t10-;/m1./s1. The van der Waals surface area contributed by atoms with Gasteiger partial charge >= 0.3 is 0 Å². The highest BCUT2D eigenvalue weighted by atomic mass is 32.1. The number of nitrogens with one attached hydrogen (secondary N) is 1. The van der Waals surface area contributed by atoms with Crippen molar-refractivity contribution in [3.63, 3.8) is 0 Å². The Kier molecular flexibility index (Phi) is 8.45. The van der Waals surface area contributed by atoms with Crippen LogP contribution in [-0.2, 0) is 10.6 Å². The summed E-state index contributed by atoms with van der Waals surface area (Å²) < 4.78 is 10.6. The molecule has 2 fully saturated rings. The molecule has 2 aromatic heterocycles. The molecule has 0 bridgehead atoms. The SMILES string of the molecule is CCC(O)(O)NC(O)(O)c1sccc1OC.OC1(O)CC2(C[C@H](c3ccccn3)CCO2)CC1(O)O. The van der Waals surface area contributed by atoms with Gasteiger partial charge in [0, 0.05) is 43.7 Å². The lowest BCUT2D eigenvalue weighted by atomic mass is 9.82. The molecule has 1 aliphatic heterocycles. The lowest BCUT2D eigenvalue weighted by Crippen LogP contribution is -2.56. The third kappa shape index (κ3) is 6.38. The minimum atomic E-state index is -2.56. The molecular formula is C23H34N2O10S. The van der Waals surface area contributed by atoms with E-state index in [-0.39, 0.29) is 35.8 Å². The van der Waals surface area contributed by atoms with Gasteiger partial charge in [-0.15, -0.1) is 11.3 Å². The summed E-state index contributed by atoms with van der Waals surface area (Å²) in [7, 11) is 1.38. The van der Waals surface area contributed by atoms with E-state index in [9.17, 15) is 40.9 Å². The van der Waals surface area contributed by atoms with Gasteiger partial charge in [0.05, 0.1) is 12.7 Å². The van der Waals surface area contributed by atoms with Crippen LogP contribution < -0.4 is 10.1 Å². The zero-order valence-electron chi connectivity index (χ0n) is 20.0. The summed E-state index contributed by atoms with van der Waals surface area (Å²) in [6.45, 7) is 1.92. The van der Waals surface area contributed by atoms with Gasteiger partial charge in [-0.25, -0.2) is 5.32 Å². The molecule has 13 heteroatoms. The molecule has 9 N–H and O–H groups in total. The van der Waals surface area contributed by atoms with E-state index in [1.165, 1.54) is 14.0 Å². The van der Waals surface area contributed by atoms with Crippen LogP contribution in [-0.4, -0.2) is 82.6 Å². The van der Waals surface area contributed by atoms with Crippen LogP contribution in [0.5, 0.6) is 5.75 Å². The molecule has 1 spiro atoms. The van der Waals surface area contributed by atoms with E-state index in [1.807, 2.05) is 23.5 Å². The van der Waals surface area contributed by atoms with Crippen LogP contribution in [0.2, 0.25) is 0 Å². The van der Waals surface area contributed by atoms with E-state index in [0.717, 1.165) is 23.5 Å². The number of ether oxygens (including phenoxy) is 2. The zero-order valence-corrected chi connectivity index (χ0v) is 20.9. The van der Waals surface area contributed by atoms with Gasteiger partial charge in [-0.2, -0.15) is 0 Å². The van der Waals surface area contributed by atoms with Crippen molar-refractivity contribution in [2.75, 3.05) is 13.7 Å². The predicted octanol–water partition coefficient (Wildman–Crippen LogP) is -0.640. The van der Waals surface area contributed by atoms with Gasteiger partial charge in [0.25, 0.3) is 5.91 Å². The van der Waals surface area contributed by atoms with Crippen LogP contribution in [0.1, 0.15) is 55.5 Å². The summed E-state index contributed by atoms with van der Waals surface area (Å²) in [6.07, 6.45) is 2.47. The van der Waals surface area contributed by atoms with Crippen molar-refractivity contribution in [2.45, 2.75) is 73.9 Å². The van der Waals surface area contributed by atoms with Crippen molar-refractivity contribution < 1.29 is 50.3 Å². The minimum absolute atomic E-state index is 0.0518. The fraction of sp³-hybridized carbons (Fsp3) is 0.609. The fourth-order valence-corrected chi connectivity index (χ4v) is 5.34. The average molecular weight is 531 g/mol. The van der Waals surface area contributed by atoms with Gasteiger partial charge < -0.3 is 50.3 Å². The molecule has 0 amide bonds. The molecule has 2 aliphatic rings. The van der Waals surface area contributed by atoms with Gasteiger partial charge in [0.2, 0.25) is 17.5 Å². The van der Waals surface area contributed by atoms with Crippen molar-refractivity contribution in [3.8, 4) is 5.75 Å². The maximum atomic E-state index is 9.76. The van der Waals surface area contributed by atoms with Crippen LogP contribution in [0.4, 0.5) is 0 Å². The van der Waals surface area contributed by atoms with Gasteiger partial charge in [-0.3, -0.25) is 4.98 Å². The first-order chi connectivity index (χ1) is 16.7. The maximum Gasteiger partial charge on any atom is 0.268 e. The molecule has 0 unspecified atom stereocenters. The third-order valence-corrected chi connectivity index (χ3v) is 7.40. The molecule has 1 saturated carbocycles. The topological polar surface area (TPSA) is 205 Å². The molecular weight excluding hydrogens is 496 g/mol. The first-order valence-corrected chi connectivity index (χ1v) is 12.3. The van der Waals surface area contributed by atoms with Crippen molar-refractivity contribution in [2.24, 2.45) is 0 Å². The number of pyridine rings is 1. The second-order valence-electron chi connectivity index (χ2n) is 9.25. The Morgan fingerprint density at radius 3 is 2.33 bits per heavy atom. The molecule has 3 heterocycles. The average Bonchev–Trinajstić information content (AvgIpc) is 3.35. The highest BCUT2D eigenvalue weighted by Gasteiger charge is 2.64. The Morgan fingerprint density at radius 2 is 1.78 bits per heavy atom. The first-order valence-electron chi connectivity index (χ1n) is 11.4. The Hall–Kier alpha value is -1.75. The first kappa shape index (κ1) is 28.8. The normalized spacial score (nSPS) is 22.7. The molecule has 202 valence electrons. The largest absolute Gasteiger partial charge is 0.495 e. The van der Waals surface area contributed by atoms with Gasteiger partial charge in [0.15, 0.2) is 0 Å². The molecule has 36 heavy (non-hydrogen) atoms. The van der Waals surface area contributed by atoms with Crippen LogP contribution >= 0.6 is 11.3 Å². The number of aliphatic hydroxyl groups is 8. The van der Waals surface area contributed by atoms with Gasteiger partial charge in [0.1, 0.15) is 10.6 Å². The Balaban J connectivity index is 0.000000207. The lowest BCUT2D eigenvalue weighted by molar-refractivity contribution is -0.339. The third-order valence-electron chi connectivity index (χ3n) is 6.41. The predicted molar refractivity (Wildman–Crippen MR) is 126 cm³/mol. The summed E-state index contributed by atoms with van der Waals surface area (Å²) in [5, 5.41) is 80.6. The summed E-state index contributed by atoms with van der Waals surface area (Å²) >= 11 is 1.02. The molecule has 1 saturated heterocycles. The number of hydrogen-bond acceptors (Lipinski definition) is 13. The number of methoxy groups -OCH3 is 1. The number of thiophene rings is 1. The molecule has 12 nitrogen and oxygen atoms in total. The summed E-state index contributed by atoms with van der Waals surface area (Å²) in [5.41, 5.74) is -0.00185. The van der Waals surface area contributed by atoms with Crippen LogP contribution in [0.3, 0.4) is 0 Å². The quantitative estimate of drug-likeness (QED) is 0.214. The van der Waals surface area contributed by atoms with Crippen molar-refractivity contribution in [3.05, 3.63) is 46.4 Å². The second kappa shape index (κ2) is 10.6. The zero-order chi connectivity index (χ0) is 26.8. The van der Waals surface area contributed by atoms with E-state index in [4.69, 9.17) is 9.47 Å². The Morgan fingerprint density at radius 1 is 1.11 bits per heavy atom. The van der Waals surface area contributed by atoms with E-state index in [1.54, 1.807) is 17.6 Å². The van der Waals surface area contributed by atoms with Crippen LogP contribution in [0.15, 0.2) is 35.8 Å². The monoisotopic (exact) mass is 530 g/mol. The smallest absolute Gasteiger partial charge is 0.268 e. The molecule has 1 aliphatic carbocycles. The number of hydrogen-bond donors (Lipinski definition) is 9. The number of rotatable bonds is 6. The van der Waals surface area contributed by atoms with E-state index in [2.05, 4.69) is 4.98 Å². The van der Waals surface area contributed by atoms with Crippen molar-refractivity contribution >= 4 is 11.3 Å². The highest BCUT2D eigenvalue weighted by Crippen LogP contribution is 2.51. The second-order valence-corrected chi connectivity index (χ2v) is 10.2. The van der Waals surface area contributed by atoms with Crippen LogP contribution in [0.25, 0.3) is 0 Å². The molecule has 2 aromatic rings. The summed E-state index contributed by atoms with van der Waals surface area (Å²) in [5.74, 6) is -9.63. The number of aromatic nitrogens is 1. The molecule has 1 atom stereocenters. The van der Waals surface area contributed by atoms with Crippen LogP contribution in [0, 0.1) is 0 Å². The maximum absolute atomic E-state index is 9.76.